The second-order valence-electron chi connectivity index (χ2n) is 5.28. The van der Waals surface area contributed by atoms with E-state index in [-0.39, 0.29) is 36.4 Å². The molecule has 1 atom stereocenters. The van der Waals surface area contributed by atoms with Crippen molar-refractivity contribution >= 4 is 11.8 Å². The Kier molecular flexibility index (Phi) is 3.16. The monoisotopic (exact) mass is 280 g/mol. The summed E-state index contributed by atoms with van der Waals surface area (Å²) in [6.07, 6.45) is 1.80. The molecule has 0 bridgehead atoms. The van der Waals surface area contributed by atoms with Crippen LogP contribution in [0.2, 0.25) is 0 Å². The molecule has 1 aliphatic heterocycles. The van der Waals surface area contributed by atoms with Gasteiger partial charge in [-0.3, -0.25) is 9.59 Å². The van der Waals surface area contributed by atoms with Gasteiger partial charge >= 0.3 is 0 Å². The normalized spacial score (nSPS) is 22.9. The zero-order valence-electron chi connectivity index (χ0n) is 10.7. The number of hydrogen-bond donors (Lipinski definition) is 1. The molecule has 3 rings (SSSR count). The molecule has 4 nitrogen and oxygen atoms in total. The van der Waals surface area contributed by atoms with E-state index in [2.05, 4.69) is 5.32 Å². The van der Waals surface area contributed by atoms with Crippen LogP contribution < -0.4 is 5.32 Å². The standard InChI is InChI=1S/C14H14F2N2O2/c15-10-2-1-3-11(16)9(10)6-18-7-12(19)17-13(14(18)20)8-4-5-8/h1-3,8,13H,4-7H2,(H,17,19). The molecule has 1 saturated heterocycles. The van der Waals surface area contributed by atoms with Crippen molar-refractivity contribution in [1.29, 1.82) is 0 Å². The van der Waals surface area contributed by atoms with Crippen molar-refractivity contribution in [3.63, 3.8) is 0 Å². The van der Waals surface area contributed by atoms with Gasteiger partial charge in [0.05, 0.1) is 13.1 Å². The second kappa shape index (κ2) is 4.85. The van der Waals surface area contributed by atoms with Gasteiger partial charge in [-0.25, -0.2) is 8.78 Å². The lowest BCUT2D eigenvalue weighted by Gasteiger charge is -2.32. The maximum absolute atomic E-state index is 13.6. The van der Waals surface area contributed by atoms with E-state index < -0.39 is 17.7 Å². The molecule has 0 radical (unpaired) electrons. The second-order valence-corrected chi connectivity index (χ2v) is 5.28. The van der Waals surface area contributed by atoms with E-state index in [0.717, 1.165) is 25.0 Å². The Morgan fingerprint density at radius 1 is 1.20 bits per heavy atom. The summed E-state index contributed by atoms with van der Waals surface area (Å²) in [5.41, 5.74) is -0.176. The highest BCUT2D eigenvalue weighted by molar-refractivity contribution is 5.95. The molecule has 1 aliphatic carbocycles. The van der Waals surface area contributed by atoms with E-state index in [1.54, 1.807) is 0 Å². The van der Waals surface area contributed by atoms with Crippen molar-refractivity contribution in [3.05, 3.63) is 35.4 Å². The van der Waals surface area contributed by atoms with Crippen LogP contribution in [0.25, 0.3) is 0 Å². The molecule has 1 aromatic rings. The van der Waals surface area contributed by atoms with Crippen molar-refractivity contribution in [2.75, 3.05) is 6.54 Å². The van der Waals surface area contributed by atoms with Crippen LogP contribution in [0.4, 0.5) is 8.78 Å². The zero-order valence-corrected chi connectivity index (χ0v) is 10.7. The number of hydrogen-bond acceptors (Lipinski definition) is 2. The number of carbonyl (C=O) groups is 2. The molecule has 2 amide bonds. The maximum Gasteiger partial charge on any atom is 0.246 e. The van der Waals surface area contributed by atoms with Crippen LogP contribution >= 0.6 is 0 Å². The van der Waals surface area contributed by atoms with E-state index in [1.165, 1.54) is 11.0 Å². The summed E-state index contributed by atoms with van der Waals surface area (Å²) < 4.78 is 27.2. The van der Waals surface area contributed by atoms with Crippen LogP contribution in [-0.2, 0) is 16.1 Å². The summed E-state index contributed by atoms with van der Waals surface area (Å²) in [4.78, 5) is 25.1. The molecule has 2 fully saturated rings. The van der Waals surface area contributed by atoms with Crippen LogP contribution in [0.1, 0.15) is 18.4 Å². The third-order valence-electron chi connectivity index (χ3n) is 3.73. The first-order chi connectivity index (χ1) is 9.56. The van der Waals surface area contributed by atoms with Gasteiger partial charge < -0.3 is 10.2 Å². The number of benzene rings is 1. The van der Waals surface area contributed by atoms with Crippen molar-refractivity contribution in [2.24, 2.45) is 5.92 Å². The van der Waals surface area contributed by atoms with Gasteiger partial charge in [0.25, 0.3) is 0 Å². The van der Waals surface area contributed by atoms with Crippen molar-refractivity contribution in [3.8, 4) is 0 Å². The van der Waals surface area contributed by atoms with Gasteiger partial charge in [0, 0.05) is 5.56 Å². The molecule has 0 spiro atoms. The number of piperazine rings is 1. The summed E-state index contributed by atoms with van der Waals surface area (Å²) in [5, 5.41) is 2.66. The molecule has 20 heavy (non-hydrogen) atoms. The minimum absolute atomic E-state index is 0.157. The van der Waals surface area contributed by atoms with E-state index in [4.69, 9.17) is 0 Å². The fraction of sp³-hybridized carbons (Fsp3) is 0.429. The molecule has 106 valence electrons. The van der Waals surface area contributed by atoms with Crippen LogP contribution in [0.3, 0.4) is 0 Å². The van der Waals surface area contributed by atoms with Crippen molar-refractivity contribution in [1.82, 2.24) is 10.2 Å². The quantitative estimate of drug-likeness (QED) is 0.904. The number of nitrogens with one attached hydrogen (secondary N) is 1. The minimum atomic E-state index is -0.702. The number of rotatable bonds is 3. The minimum Gasteiger partial charge on any atom is -0.342 e. The number of carbonyl (C=O) groups excluding carboxylic acids is 2. The molecule has 1 aromatic carbocycles. The Bertz CT molecular complexity index is 552. The number of amides is 2. The third-order valence-corrected chi connectivity index (χ3v) is 3.73. The summed E-state index contributed by atoms with van der Waals surface area (Å²) in [5.74, 6) is -1.77. The van der Waals surface area contributed by atoms with Gasteiger partial charge in [-0.1, -0.05) is 6.07 Å². The molecule has 2 aliphatic rings. The predicted octanol–water partition coefficient (Wildman–Crippen LogP) is 1.20. The Labute approximate surface area is 114 Å². The SMILES string of the molecule is O=C1CN(Cc2c(F)cccc2F)C(=O)C(C2CC2)N1. The largest absolute Gasteiger partial charge is 0.342 e. The molecular formula is C14H14F2N2O2. The van der Waals surface area contributed by atoms with Crippen LogP contribution in [0, 0.1) is 17.6 Å². The Morgan fingerprint density at radius 3 is 2.45 bits per heavy atom. The Balaban J connectivity index is 1.82. The smallest absolute Gasteiger partial charge is 0.246 e. The average Bonchev–Trinajstić information content (AvgIpc) is 3.22. The fourth-order valence-corrected chi connectivity index (χ4v) is 2.49. The van der Waals surface area contributed by atoms with Crippen LogP contribution in [-0.4, -0.2) is 29.3 Å². The molecule has 1 heterocycles. The molecule has 1 saturated carbocycles. The summed E-state index contributed by atoms with van der Waals surface area (Å²) in [7, 11) is 0. The summed E-state index contributed by atoms with van der Waals surface area (Å²) in [6.45, 7) is -0.371. The van der Waals surface area contributed by atoms with Gasteiger partial charge in [-0.15, -0.1) is 0 Å². The Morgan fingerprint density at radius 2 is 1.85 bits per heavy atom. The van der Waals surface area contributed by atoms with E-state index in [0.29, 0.717) is 0 Å². The fourth-order valence-electron chi connectivity index (χ4n) is 2.49. The summed E-state index contributed by atoms with van der Waals surface area (Å²) >= 11 is 0. The van der Waals surface area contributed by atoms with Gasteiger partial charge in [0.2, 0.25) is 11.8 Å². The van der Waals surface area contributed by atoms with Crippen molar-refractivity contribution < 1.29 is 18.4 Å². The van der Waals surface area contributed by atoms with Gasteiger partial charge in [-0.2, -0.15) is 0 Å². The van der Waals surface area contributed by atoms with Crippen molar-refractivity contribution in [2.45, 2.75) is 25.4 Å². The highest BCUT2D eigenvalue weighted by Gasteiger charge is 2.42. The lowest BCUT2D eigenvalue weighted by Crippen LogP contribution is -2.58. The number of nitrogens with zero attached hydrogens (tertiary/aromatic N) is 1. The van der Waals surface area contributed by atoms with Gasteiger partial charge in [0.15, 0.2) is 0 Å². The maximum atomic E-state index is 13.6. The highest BCUT2D eigenvalue weighted by Crippen LogP contribution is 2.34. The lowest BCUT2D eigenvalue weighted by molar-refractivity contribution is -0.145. The van der Waals surface area contributed by atoms with E-state index in [9.17, 15) is 18.4 Å². The molecular weight excluding hydrogens is 266 g/mol. The average molecular weight is 280 g/mol. The van der Waals surface area contributed by atoms with Crippen LogP contribution in [0.15, 0.2) is 18.2 Å². The molecule has 1 unspecified atom stereocenters. The molecule has 6 heteroatoms. The zero-order chi connectivity index (χ0) is 14.3. The molecule has 1 N–H and O–H groups in total. The predicted molar refractivity (Wildman–Crippen MR) is 66.4 cm³/mol. The van der Waals surface area contributed by atoms with Gasteiger partial charge in [-0.05, 0) is 30.9 Å². The molecule has 0 aromatic heterocycles. The first-order valence-corrected chi connectivity index (χ1v) is 6.57. The van der Waals surface area contributed by atoms with E-state index >= 15 is 0 Å². The van der Waals surface area contributed by atoms with Crippen LogP contribution in [0.5, 0.6) is 0 Å². The Hall–Kier alpha value is -1.98. The highest BCUT2D eigenvalue weighted by atomic mass is 19.1. The third kappa shape index (κ3) is 2.37. The summed E-state index contributed by atoms with van der Waals surface area (Å²) in [6, 6.07) is 3.02. The van der Waals surface area contributed by atoms with E-state index in [1.807, 2.05) is 0 Å². The first-order valence-electron chi connectivity index (χ1n) is 6.57. The first kappa shape index (κ1) is 13.0. The topological polar surface area (TPSA) is 49.4 Å². The number of halogens is 2. The van der Waals surface area contributed by atoms with Gasteiger partial charge in [0.1, 0.15) is 17.7 Å². The lowest BCUT2D eigenvalue weighted by atomic mass is 10.1.